The molecule has 0 radical (unpaired) electrons. The molecule has 1 rings (SSSR count). The highest BCUT2D eigenvalue weighted by molar-refractivity contribution is 6.31. The van der Waals surface area contributed by atoms with Gasteiger partial charge in [0, 0.05) is 17.1 Å². The molecule has 0 fully saturated rings. The molecule has 0 bridgehead atoms. The standard InChI is InChI=1S/C14H20ClNO/c1-4-11(5-2)9-16-14(17)12-7-6-10(3)13(15)8-12/h6-8,11H,4-5,9H2,1-3H3,(H,16,17). The minimum absolute atomic E-state index is 0.0428. The van der Waals surface area contributed by atoms with Crippen molar-refractivity contribution in [2.45, 2.75) is 33.6 Å². The Morgan fingerprint density at radius 2 is 2.00 bits per heavy atom. The smallest absolute Gasteiger partial charge is 0.251 e. The van der Waals surface area contributed by atoms with Crippen LogP contribution in [0.15, 0.2) is 18.2 Å². The first-order valence-electron chi connectivity index (χ1n) is 6.12. The predicted molar refractivity (Wildman–Crippen MR) is 72.6 cm³/mol. The van der Waals surface area contributed by atoms with Gasteiger partial charge < -0.3 is 5.32 Å². The highest BCUT2D eigenvalue weighted by Gasteiger charge is 2.09. The Balaban J connectivity index is 2.61. The van der Waals surface area contributed by atoms with Gasteiger partial charge in [-0.05, 0) is 30.5 Å². The SMILES string of the molecule is CCC(CC)CNC(=O)c1ccc(C)c(Cl)c1. The van der Waals surface area contributed by atoms with Gasteiger partial charge in [-0.1, -0.05) is 44.4 Å². The average molecular weight is 254 g/mol. The number of amides is 1. The summed E-state index contributed by atoms with van der Waals surface area (Å²) in [7, 11) is 0. The number of nitrogens with one attached hydrogen (secondary N) is 1. The predicted octanol–water partition coefficient (Wildman–Crippen LogP) is 3.81. The molecule has 1 amide bonds. The third-order valence-corrected chi connectivity index (χ3v) is 3.55. The fourth-order valence-electron chi connectivity index (χ4n) is 1.65. The summed E-state index contributed by atoms with van der Waals surface area (Å²) in [5, 5.41) is 3.59. The third-order valence-electron chi connectivity index (χ3n) is 3.14. The molecule has 0 aliphatic carbocycles. The van der Waals surface area contributed by atoms with Gasteiger partial charge in [0.15, 0.2) is 0 Å². The van der Waals surface area contributed by atoms with Crippen molar-refractivity contribution >= 4 is 17.5 Å². The number of carbonyl (C=O) groups excluding carboxylic acids is 1. The normalized spacial score (nSPS) is 10.6. The van der Waals surface area contributed by atoms with Crippen molar-refractivity contribution in [1.82, 2.24) is 5.32 Å². The molecule has 1 aromatic carbocycles. The maximum Gasteiger partial charge on any atom is 0.251 e. The van der Waals surface area contributed by atoms with Gasteiger partial charge in [-0.2, -0.15) is 0 Å². The summed E-state index contributed by atoms with van der Waals surface area (Å²) < 4.78 is 0. The first-order chi connectivity index (χ1) is 8.08. The Labute approximate surface area is 108 Å². The molecular formula is C14H20ClNO. The highest BCUT2D eigenvalue weighted by atomic mass is 35.5. The lowest BCUT2D eigenvalue weighted by Crippen LogP contribution is -2.28. The zero-order chi connectivity index (χ0) is 12.8. The highest BCUT2D eigenvalue weighted by Crippen LogP contribution is 2.16. The van der Waals surface area contributed by atoms with Gasteiger partial charge in [0.05, 0.1) is 0 Å². The maximum atomic E-state index is 11.9. The summed E-state index contributed by atoms with van der Waals surface area (Å²) in [5.74, 6) is 0.513. The second kappa shape index (κ2) is 6.65. The summed E-state index contributed by atoms with van der Waals surface area (Å²) in [6.45, 7) is 6.94. The first-order valence-corrected chi connectivity index (χ1v) is 6.50. The van der Waals surface area contributed by atoms with E-state index in [4.69, 9.17) is 11.6 Å². The van der Waals surface area contributed by atoms with E-state index in [0.29, 0.717) is 16.5 Å². The zero-order valence-corrected chi connectivity index (χ0v) is 11.5. The number of hydrogen-bond acceptors (Lipinski definition) is 1. The number of rotatable bonds is 5. The van der Waals surface area contributed by atoms with E-state index in [1.807, 2.05) is 19.1 Å². The topological polar surface area (TPSA) is 29.1 Å². The molecule has 94 valence electrons. The molecule has 1 N–H and O–H groups in total. The second-order valence-electron chi connectivity index (χ2n) is 4.36. The van der Waals surface area contributed by atoms with E-state index in [0.717, 1.165) is 24.9 Å². The van der Waals surface area contributed by atoms with Crippen LogP contribution in [0.2, 0.25) is 5.02 Å². The lowest BCUT2D eigenvalue weighted by Gasteiger charge is -2.13. The Morgan fingerprint density at radius 1 is 1.35 bits per heavy atom. The fraction of sp³-hybridized carbons (Fsp3) is 0.500. The Bertz CT molecular complexity index is 386. The van der Waals surface area contributed by atoms with Crippen molar-refractivity contribution in [2.75, 3.05) is 6.54 Å². The molecule has 0 unspecified atom stereocenters. The Hall–Kier alpha value is -1.02. The van der Waals surface area contributed by atoms with E-state index in [9.17, 15) is 4.79 Å². The fourth-order valence-corrected chi connectivity index (χ4v) is 1.83. The molecule has 0 aliphatic heterocycles. The van der Waals surface area contributed by atoms with Gasteiger partial charge in [0.1, 0.15) is 0 Å². The van der Waals surface area contributed by atoms with E-state index < -0.39 is 0 Å². The van der Waals surface area contributed by atoms with E-state index >= 15 is 0 Å². The van der Waals surface area contributed by atoms with E-state index in [1.54, 1.807) is 6.07 Å². The number of carbonyl (C=O) groups is 1. The average Bonchev–Trinajstić information content (AvgIpc) is 2.33. The lowest BCUT2D eigenvalue weighted by atomic mass is 10.0. The second-order valence-corrected chi connectivity index (χ2v) is 4.76. The van der Waals surface area contributed by atoms with Crippen molar-refractivity contribution in [3.63, 3.8) is 0 Å². The minimum atomic E-state index is -0.0428. The molecule has 0 atom stereocenters. The van der Waals surface area contributed by atoms with Gasteiger partial charge in [0.2, 0.25) is 0 Å². The van der Waals surface area contributed by atoms with Crippen LogP contribution < -0.4 is 5.32 Å². The zero-order valence-electron chi connectivity index (χ0n) is 10.7. The number of halogens is 1. The molecule has 2 nitrogen and oxygen atoms in total. The monoisotopic (exact) mass is 253 g/mol. The lowest BCUT2D eigenvalue weighted by molar-refractivity contribution is 0.0946. The van der Waals surface area contributed by atoms with Gasteiger partial charge in [0.25, 0.3) is 5.91 Å². The van der Waals surface area contributed by atoms with Crippen molar-refractivity contribution in [3.8, 4) is 0 Å². The van der Waals surface area contributed by atoms with Crippen LogP contribution in [0.4, 0.5) is 0 Å². The molecule has 0 aliphatic rings. The molecule has 0 heterocycles. The van der Waals surface area contributed by atoms with Gasteiger partial charge >= 0.3 is 0 Å². The van der Waals surface area contributed by atoms with Crippen LogP contribution >= 0.6 is 11.6 Å². The Morgan fingerprint density at radius 3 is 2.53 bits per heavy atom. The van der Waals surface area contributed by atoms with Crippen LogP contribution in [0.25, 0.3) is 0 Å². The van der Waals surface area contributed by atoms with Crippen molar-refractivity contribution in [2.24, 2.45) is 5.92 Å². The Kier molecular flexibility index (Phi) is 5.49. The van der Waals surface area contributed by atoms with Gasteiger partial charge in [-0.15, -0.1) is 0 Å². The maximum absolute atomic E-state index is 11.9. The van der Waals surface area contributed by atoms with Crippen molar-refractivity contribution in [3.05, 3.63) is 34.3 Å². The molecule has 0 spiro atoms. The summed E-state index contributed by atoms with van der Waals surface area (Å²) in [6.07, 6.45) is 2.18. The van der Waals surface area contributed by atoms with Crippen molar-refractivity contribution < 1.29 is 4.79 Å². The largest absolute Gasteiger partial charge is 0.352 e. The number of aryl methyl sites for hydroxylation is 1. The quantitative estimate of drug-likeness (QED) is 0.849. The van der Waals surface area contributed by atoms with Crippen molar-refractivity contribution in [1.29, 1.82) is 0 Å². The molecule has 0 saturated heterocycles. The number of hydrogen-bond donors (Lipinski definition) is 1. The van der Waals surface area contributed by atoms with Crippen LogP contribution in [0, 0.1) is 12.8 Å². The molecule has 17 heavy (non-hydrogen) atoms. The summed E-state index contributed by atoms with van der Waals surface area (Å²) >= 11 is 6.00. The molecule has 0 saturated carbocycles. The molecular weight excluding hydrogens is 234 g/mol. The third kappa shape index (κ3) is 4.04. The van der Waals surface area contributed by atoms with E-state index in [1.165, 1.54) is 0 Å². The van der Waals surface area contributed by atoms with Crippen LogP contribution in [0.3, 0.4) is 0 Å². The van der Waals surface area contributed by atoms with Crippen LogP contribution in [0.1, 0.15) is 42.6 Å². The van der Waals surface area contributed by atoms with Crippen LogP contribution in [-0.4, -0.2) is 12.5 Å². The van der Waals surface area contributed by atoms with E-state index in [-0.39, 0.29) is 5.91 Å². The summed E-state index contributed by atoms with van der Waals surface area (Å²) in [4.78, 5) is 11.9. The minimum Gasteiger partial charge on any atom is -0.352 e. The summed E-state index contributed by atoms with van der Waals surface area (Å²) in [5.41, 5.74) is 1.62. The van der Waals surface area contributed by atoms with E-state index in [2.05, 4.69) is 19.2 Å². The first kappa shape index (κ1) is 14.0. The molecule has 0 aromatic heterocycles. The van der Waals surface area contributed by atoms with Gasteiger partial charge in [-0.25, -0.2) is 0 Å². The van der Waals surface area contributed by atoms with Crippen LogP contribution in [-0.2, 0) is 0 Å². The molecule has 3 heteroatoms. The summed E-state index contributed by atoms with van der Waals surface area (Å²) in [6, 6.07) is 5.40. The number of benzene rings is 1. The van der Waals surface area contributed by atoms with Crippen LogP contribution in [0.5, 0.6) is 0 Å². The van der Waals surface area contributed by atoms with Gasteiger partial charge in [-0.3, -0.25) is 4.79 Å². The molecule has 1 aromatic rings.